The Labute approximate surface area is 199 Å². The average molecular weight is 452 g/mol. The van der Waals surface area contributed by atoms with E-state index >= 15 is 0 Å². The molecule has 2 heterocycles. The molecule has 3 aromatic carbocycles. The van der Waals surface area contributed by atoms with Gasteiger partial charge in [-0.05, 0) is 36.1 Å². The molecular formula is C29H29N3O2. The molecule has 1 aliphatic rings. The molecule has 34 heavy (non-hydrogen) atoms. The number of para-hydroxylation sites is 1. The second-order valence-corrected chi connectivity index (χ2v) is 9.51. The molecule has 1 amide bonds. The summed E-state index contributed by atoms with van der Waals surface area (Å²) in [6, 6.07) is 24.9. The van der Waals surface area contributed by atoms with Gasteiger partial charge in [0.2, 0.25) is 5.91 Å². The summed E-state index contributed by atoms with van der Waals surface area (Å²) in [6.45, 7) is 6.53. The zero-order valence-corrected chi connectivity index (χ0v) is 19.8. The van der Waals surface area contributed by atoms with Crippen LogP contribution in [0.5, 0.6) is 0 Å². The van der Waals surface area contributed by atoms with Gasteiger partial charge in [0.1, 0.15) is 11.9 Å². The molecule has 5 rings (SSSR count). The van der Waals surface area contributed by atoms with Gasteiger partial charge in [0.25, 0.3) is 5.56 Å². The van der Waals surface area contributed by atoms with Gasteiger partial charge in [-0.3, -0.25) is 14.2 Å². The van der Waals surface area contributed by atoms with Crippen molar-refractivity contribution in [1.29, 1.82) is 0 Å². The Balaban J connectivity index is 1.72. The van der Waals surface area contributed by atoms with Gasteiger partial charge in [-0.25, -0.2) is 4.98 Å². The molecule has 2 atom stereocenters. The van der Waals surface area contributed by atoms with Crippen LogP contribution in [0.25, 0.3) is 10.9 Å². The SMILES string of the molecule is Cc1ccc(C[C@@H]2c3nc4ccccc4c(=O)n3[C@@H](C(C)C)C(=O)N2Cc2ccccc2)cc1. The molecule has 1 aromatic heterocycles. The van der Waals surface area contributed by atoms with Crippen LogP contribution in [0.2, 0.25) is 0 Å². The number of amides is 1. The van der Waals surface area contributed by atoms with E-state index in [1.807, 2.05) is 67.3 Å². The van der Waals surface area contributed by atoms with Crippen LogP contribution in [-0.2, 0) is 17.8 Å². The Morgan fingerprint density at radius 2 is 1.53 bits per heavy atom. The molecule has 0 unspecified atom stereocenters. The molecule has 0 bridgehead atoms. The predicted molar refractivity (Wildman–Crippen MR) is 134 cm³/mol. The maximum Gasteiger partial charge on any atom is 0.262 e. The molecule has 0 fully saturated rings. The van der Waals surface area contributed by atoms with Crippen molar-refractivity contribution >= 4 is 16.8 Å². The quantitative estimate of drug-likeness (QED) is 0.418. The van der Waals surface area contributed by atoms with Crippen LogP contribution < -0.4 is 5.56 Å². The molecule has 5 heteroatoms. The zero-order chi connectivity index (χ0) is 23.8. The van der Waals surface area contributed by atoms with E-state index in [2.05, 4.69) is 31.2 Å². The minimum atomic E-state index is -0.586. The third kappa shape index (κ3) is 3.92. The van der Waals surface area contributed by atoms with E-state index in [-0.39, 0.29) is 23.4 Å². The second-order valence-electron chi connectivity index (χ2n) is 9.51. The summed E-state index contributed by atoms with van der Waals surface area (Å²) in [5, 5.41) is 0.551. The van der Waals surface area contributed by atoms with Crippen LogP contribution in [-0.4, -0.2) is 20.4 Å². The van der Waals surface area contributed by atoms with Crippen LogP contribution in [0.1, 0.15) is 48.4 Å². The first-order valence-corrected chi connectivity index (χ1v) is 11.8. The number of benzene rings is 3. The smallest absolute Gasteiger partial charge is 0.262 e. The van der Waals surface area contributed by atoms with E-state index in [1.54, 1.807) is 10.6 Å². The van der Waals surface area contributed by atoms with Crippen molar-refractivity contribution in [3.05, 3.63) is 112 Å². The first kappa shape index (κ1) is 22.1. The van der Waals surface area contributed by atoms with E-state index in [1.165, 1.54) is 5.56 Å². The fraction of sp³-hybridized carbons (Fsp3) is 0.276. The number of aromatic nitrogens is 2. The Hall–Kier alpha value is -3.73. The molecule has 0 radical (unpaired) electrons. The number of carbonyl (C=O) groups is 1. The Kier molecular flexibility index (Phi) is 5.78. The summed E-state index contributed by atoms with van der Waals surface area (Å²) >= 11 is 0. The molecule has 0 spiro atoms. The van der Waals surface area contributed by atoms with Crippen molar-refractivity contribution in [2.45, 2.75) is 45.8 Å². The van der Waals surface area contributed by atoms with Gasteiger partial charge in [-0.15, -0.1) is 0 Å². The number of aryl methyl sites for hydroxylation is 1. The minimum absolute atomic E-state index is 0.0253. The van der Waals surface area contributed by atoms with Crippen LogP contribution in [0.3, 0.4) is 0 Å². The molecule has 0 saturated carbocycles. The van der Waals surface area contributed by atoms with Gasteiger partial charge >= 0.3 is 0 Å². The molecule has 172 valence electrons. The van der Waals surface area contributed by atoms with Crippen LogP contribution in [0, 0.1) is 12.8 Å². The molecule has 0 aliphatic carbocycles. The van der Waals surface area contributed by atoms with Crippen molar-refractivity contribution in [2.75, 3.05) is 0 Å². The topological polar surface area (TPSA) is 55.2 Å². The van der Waals surface area contributed by atoms with Gasteiger partial charge in [-0.2, -0.15) is 0 Å². The number of rotatable bonds is 5. The number of nitrogens with zero attached hydrogens (tertiary/aromatic N) is 3. The normalized spacial score (nSPS) is 17.9. The number of fused-ring (bicyclic) bond motifs is 2. The third-order valence-corrected chi connectivity index (χ3v) is 6.70. The van der Waals surface area contributed by atoms with Crippen LogP contribution >= 0.6 is 0 Å². The number of hydrogen-bond acceptors (Lipinski definition) is 3. The minimum Gasteiger partial charge on any atom is -0.326 e. The molecule has 0 saturated heterocycles. The first-order chi connectivity index (χ1) is 16.4. The summed E-state index contributed by atoms with van der Waals surface area (Å²) < 4.78 is 1.68. The number of hydrogen-bond donors (Lipinski definition) is 0. The summed E-state index contributed by atoms with van der Waals surface area (Å²) in [6.07, 6.45) is 0.592. The molecule has 1 aliphatic heterocycles. The number of carbonyl (C=O) groups excluding carboxylic acids is 1. The lowest BCUT2D eigenvalue weighted by molar-refractivity contribution is -0.142. The summed E-state index contributed by atoms with van der Waals surface area (Å²) in [5.74, 6) is 0.590. The standard InChI is InChI=1S/C29H29N3O2/c1-19(2)26-29(34)31(18-22-9-5-4-6-10-22)25(17-21-15-13-20(3)14-16-21)27-30-24-12-8-7-11-23(24)28(33)32(26)27/h4-16,19,25-26H,17-18H2,1-3H3/t25-,26+/m1/s1. The van der Waals surface area contributed by atoms with Crippen LogP contribution in [0.4, 0.5) is 0 Å². The van der Waals surface area contributed by atoms with Crippen molar-refractivity contribution < 1.29 is 4.79 Å². The Morgan fingerprint density at radius 1 is 0.853 bits per heavy atom. The fourth-order valence-electron chi connectivity index (χ4n) is 4.94. The van der Waals surface area contributed by atoms with Crippen LogP contribution in [0.15, 0.2) is 83.7 Å². The first-order valence-electron chi connectivity index (χ1n) is 11.8. The lowest BCUT2D eigenvalue weighted by Gasteiger charge is -2.42. The third-order valence-electron chi connectivity index (χ3n) is 6.70. The van der Waals surface area contributed by atoms with E-state index < -0.39 is 6.04 Å². The van der Waals surface area contributed by atoms with Gasteiger partial charge in [-0.1, -0.05) is 86.1 Å². The largest absolute Gasteiger partial charge is 0.326 e. The predicted octanol–water partition coefficient (Wildman–Crippen LogP) is 5.23. The van der Waals surface area contributed by atoms with Gasteiger partial charge in [0.05, 0.1) is 16.9 Å². The molecular weight excluding hydrogens is 422 g/mol. The van der Waals surface area contributed by atoms with E-state index in [9.17, 15) is 9.59 Å². The second kappa shape index (κ2) is 8.90. The molecule has 0 N–H and O–H groups in total. The maximum atomic E-state index is 14.0. The lowest BCUT2D eigenvalue weighted by Crippen LogP contribution is -2.51. The van der Waals surface area contributed by atoms with Crippen molar-refractivity contribution in [3.63, 3.8) is 0 Å². The average Bonchev–Trinajstić information content (AvgIpc) is 2.84. The summed E-state index contributed by atoms with van der Waals surface area (Å²) in [5.41, 5.74) is 3.89. The monoisotopic (exact) mass is 451 g/mol. The highest BCUT2D eigenvalue weighted by Crippen LogP contribution is 2.37. The maximum absolute atomic E-state index is 14.0. The molecule has 4 aromatic rings. The Morgan fingerprint density at radius 3 is 2.24 bits per heavy atom. The highest BCUT2D eigenvalue weighted by Gasteiger charge is 2.42. The highest BCUT2D eigenvalue weighted by molar-refractivity contribution is 5.84. The zero-order valence-electron chi connectivity index (χ0n) is 19.8. The van der Waals surface area contributed by atoms with E-state index in [0.717, 1.165) is 11.1 Å². The highest BCUT2D eigenvalue weighted by atomic mass is 16.2. The van der Waals surface area contributed by atoms with E-state index in [4.69, 9.17) is 4.98 Å². The fourth-order valence-corrected chi connectivity index (χ4v) is 4.94. The van der Waals surface area contributed by atoms with Crippen molar-refractivity contribution in [3.8, 4) is 0 Å². The van der Waals surface area contributed by atoms with Crippen molar-refractivity contribution in [1.82, 2.24) is 14.5 Å². The lowest BCUT2D eigenvalue weighted by atomic mass is 9.93. The van der Waals surface area contributed by atoms with Gasteiger partial charge < -0.3 is 4.90 Å². The van der Waals surface area contributed by atoms with Gasteiger partial charge in [0.15, 0.2) is 0 Å². The summed E-state index contributed by atoms with van der Waals surface area (Å²) in [4.78, 5) is 34.6. The Bertz CT molecular complexity index is 1390. The molecule has 5 nitrogen and oxygen atoms in total. The van der Waals surface area contributed by atoms with Gasteiger partial charge in [0, 0.05) is 13.0 Å². The van der Waals surface area contributed by atoms with E-state index in [0.29, 0.717) is 29.7 Å². The summed E-state index contributed by atoms with van der Waals surface area (Å²) in [7, 11) is 0. The van der Waals surface area contributed by atoms with Crippen molar-refractivity contribution in [2.24, 2.45) is 5.92 Å².